The second-order valence-corrected chi connectivity index (χ2v) is 7.17. The summed E-state index contributed by atoms with van der Waals surface area (Å²) in [6.07, 6.45) is 6.57. The zero-order valence-corrected chi connectivity index (χ0v) is 19.4. The number of nitriles is 1. The zero-order valence-electron chi connectivity index (χ0n) is 19.4. The second-order valence-electron chi connectivity index (χ2n) is 7.17. The summed E-state index contributed by atoms with van der Waals surface area (Å²) in [7, 11) is 6.51. The maximum absolute atomic E-state index is 12.9. The first-order chi connectivity index (χ1) is 16.5. The van der Waals surface area contributed by atoms with E-state index < -0.39 is 6.04 Å². The monoisotopic (exact) mass is 462 g/mol. The van der Waals surface area contributed by atoms with Crippen molar-refractivity contribution in [3.8, 4) is 29.1 Å². The number of hydrogen-bond donors (Lipinski definition) is 1. The van der Waals surface area contributed by atoms with Gasteiger partial charge in [-0.05, 0) is 41.5 Å². The van der Waals surface area contributed by atoms with Gasteiger partial charge in [0.25, 0.3) is 0 Å². The highest BCUT2D eigenvalue weighted by Crippen LogP contribution is 2.30. The molecule has 0 radical (unpaired) electrons. The third-order valence-corrected chi connectivity index (χ3v) is 5.02. The van der Waals surface area contributed by atoms with Crippen molar-refractivity contribution in [2.24, 2.45) is 7.05 Å². The molecule has 176 valence electrons. The van der Waals surface area contributed by atoms with Gasteiger partial charge in [0.2, 0.25) is 5.91 Å². The van der Waals surface area contributed by atoms with Gasteiger partial charge in [0, 0.05) is 31.6 Å². The largest absolute Gasteiger partial charge is 0.497 e. The number of imidazole rings is 1. The Balaban J connectivity index is 1.85. The van der Waals surface area contributed by atoms with E-state index >= 15 is 0 Å². The van der Waals surface area contributed by atoms with E-state index in [1.54, 1.807) is 50.8 Å². The van der Waals surface area contributed by atoms with Gasteiger partial charge in [-0.25, -0.2) is 4.98 Å². The van der Waals surface area contributed by atoms with Crippen molar-refractivity contribution in [1.82, 2.24) is 14.9 Å². The Morgan fingerprint density at radius 3 is 2.44 bits per heavy atom. The summed E-state index contributed by atoms with van der Waals surface area (Å²) in [5.74, 6) is 2.45. The third-order valence-electron chi connectivity index (χ3n) is 5.02. The predicted molar refractivity (Wildman–Crippen MR) is 126 cm³/mol. The topological polar surface area (TPSA) is 108 Å². The first-order valence-electron chi connectivity index (χ1n) is 10.4. The zero-order chi connectivity index (χ0) is 24.5. The number of methoxy groups -OCH3 is 3. The molecular formula is C25H26N4O5. The standard InChI is InChI=1S/C25H26N4O5/c1-29-11-10-27-25(29)24(18-14-19(31-2)16-20(15-18)32-3)28-23(30)8-6-17-5-7-21(34-12-9-26)22(13-17)33-4/h5-8,10-11,13-16,24H,12H2,1-4H3,(H,28,30)/b8-6+. The SMILES string of the molecule is COc1cc(OC)cc(C(NC(=O)/C=C/c2ccc(OCC#N)c(OC)c2)c2nccn2C)c1. The number of hydrogen-bond acceptors (Lipinski definition) is 7. The number of benzene rings is 2. The van der Waals surface area contributed by atoms with E-state index in [0.717, 1.165) is 11.1 Å². The van der Waals surface area contributed by atoms with E-state index in [-0.39, 0.29) is 12.5 Å². The number of rotatable bonds is 10. The van der Waals surface area contributed by atoms with Gasteiger partial charge >= 0.3 is 0 Å². The highest BCUT2D eigenvalue weighted by molar-refractivity contribution is 5.92. The van der Waals surface area contributed by atoms with Crippen molar-refractivity contribution in [3.05, 3.63) is 71.8 Å². The fourth-order valence-electron chi connectivity index (χ4n) is 3.33. The molecule has 1 unspecified atom stereocenters. The summed E-state index contributed by atoms with van der Waals surface area (Å²) in [6.45, 7) is -0.0857. The van der Waals surface area contributed by atoms with E-state index in [1.165, 1.54) is 13.2 Å². The number of nitrogens with zero attached hydrogens (tertiary/aromatic N) is 3. The van der Waals surface area contributed by atoms with Crippen molar-refractivity contribution in [1.29, 1.82) is 5.26 Å². The fourth-order valence-corrected chi connectivity index (χ4v) is 3.33. The van der Waals surface area contributed by atoms with E-state index in [1.807, 2.05) is 36.0 Å². The first kappa shape index (κ1) is 24.2. The van der Waals surface area contributed by atoms with Crippen LogP contribution in [0.4, 0.5) is 0 Å². The van der Waals surface area contributed by atoms with E-state index in [0.29, 0.717) is 28.8 Å². The summed E-state index contributed by atoms with van der Waals surface area (Å²) in [6, 6.07) is 12.0. The summed E-state index contributed by atoms with van der Waals surface area (Å²) >= 11 is 0. The van der Waals surface area contributed by atoms with Crippen LogP contribution < -0.4 is 24.3 Å². The molecule has 2 aromatic carbocycles. The molecule has 0 aliphatic rings. The average Bonchev–Trinajstić information content (AvgIpc) is 3.29. The minimum Gasteiger partial charge on any atom is -0.497 e. The Morgan fingerprint density at radius 1 is 1.12 bits per heavy atom. The number of nitrogens with one attached hydrogen (secondary N) is 1. The Hall–Kier alpha value is -4.45. The number of carbonyl (C=O) groups is 1. The van der Waals surface area contributed by atoms with Crippen molar-refractivity contribution >= 4 is 12.0 Å². The van der Waals surface area contributed by atoms with Crippen LogP contribution in [-0.4, -0.2) is 43.4 Å². The number of ether oxygens (including phenoxy) is 4. The normalized spacial score (nSPS) is 11.5. The second kappa shape index (κ2) is 11.4. The van der Waals surface area contributed by atoms with Crippen LogP contribution in [0, 0.1) is 11.3 Å². The minimum absolute atomic E-state index is 0.0857. The molecule has 0 aliphatic carbocycles. The molecule has 3 rings (SSSR count). The molecular weight excluding hydrogens is 436 g/mol. The fraction of sp³-hybridized carbons (Fsp3) is 0.240. The van der Waals surface area contributed by atoms with Gasteiger partial charge in [-0.15, -0.1) is 0 Å². The van der Waals surface area contributed by atoms with Crippen molar-refractivity contribution in [3.63, 3.8) is 0 Å². The van der Waals surface area contributed by atoms with Crippen molar-refractivity contribution < 1.29 is 23.7 Å². The lowest BCUT2D eigenvalue weighted by Gasteiger charge is -2.20. The van der Waals surface area contributed by atoms with Gasteiger partial charge in [-0.3, -0.25) is 4.79 Å². The Labute approximate surface area is 198 Å². The van der Waals surface area contributed by atoms with Gasteiger partial charge in [-0.2, -0.15) is 5.26 Å². The number of carbonyl (C=O) groups excluding carboxylic acids is 1. The molecule has 1 heterocycles. The molecule has 0 spiro atoms. The molecule has 1 atom stereocenters. The van der Waals surface area contributed by atoms with Crippen LogP contribution in [0.5, 0.6) is 23.0 Å². The van der Waals surface area contributed by atoms with Crippen molar-refractivity contribution in [2.45, 2.75) is 6.04 Å². The summed E-state index contributed by atoms with van der Waals surface area (Å²) in [5.41, 5.74) is 1.49. The van der Waals surface area contributed by atoms with E-state index in [4.69, 9.17) is 24.2 Å². The third kappa shape index (κ3) is 5.86. The van der Waals surface area contributed by atoms with Gasteiger partial charge in [-0.1, -0.05) is 6.07 Å². The molecule has 9 nitrogen and oxygen atoms in total. The molecule has 1 N–H and O–H groups in total. The lowest BCUT2D eigenvalue weighted by Crippen LogP contribution is -2.29. The van der Waals surface area contributed by atoms with Gasteiger partial charge in [0.05, 0.1) is 21.3 Å². The molecule has 3 aromatic rings. The molecule has 0 saturated carbocycles. The van der Waals surface area contributed by atoms with Crippen LogP contribution in [0.2, 0.25) is 0 Å². The Kier molecular flexibility index (Phi) is 8.13. The van der Waals surface area contributed by atoms with Crippen LogP contribution in [0.3, 0.4) is 0 Å². The maximum atomic E-state index is 12.9. The van der Waals surface area contributed by atoms with Gasteiger partial charge in [0.15, 0.2) is 18.1 Å². The van der Waals surface area contributed by atoms with Crippen LogP contribution >= 0.6 is 0 Å². The van der Waals surface area contributed by atoms with E-state index in [2.05, 4.69) is 10.3 Å². The highest BCUT2D eigenvalue weighted by Gasteiger charge is 2.21. The summed E-state index contributed by atoms with van der Waals surface area (Å²) < 4.78 is 23.3. The molecule has 0 bridgehead atoms. The smallest absolute Gasteiger partial charge is 0.244 e. The Bertz CT molecular complexity index is 1190. The lowest BCUT2D eigenvalue weighted by atomic mass is 10.0. The summed E-state index contributed by atoms with van der Waals surface area (Å²) in [4.78, 5) is 17.3. The first-order valence-corrected chi connectivity index (χ1v) is 10.4. The number of aryl methyl sites for hydroxylation is 1. The maximum Gasteiger partial charge on any atom is 0.244 e. The quantitative estimate of drug-likeness (QED) is 0.461. The number of amides is 1. The van der Waals surface area contributed by atoms with Gasteiger partial charge < -0.3 is 28.8 Å². The van der Waals surface area contributed by atoms with Crippen molar-refractivity contribution in [2.75, 3.05) is 27.9 Å². The summed E-state index contributed by atoms with van der Waals surface area (Å²) in [5, 5.41) is 11.7. The highest BCUT2D eigenvalue weighted by atomic mass is 16.5. The molecule has 0 saturated heterocycles. The van der Waals surface area contributed by atoms with Crippen LogP contribution in [-0.2, 0) is 11.8 Å². The van der Waals surface area contributed by atoms with Crippen LogP contribution in [0.1, 0.15) is 23.0 Å². The number of aromatic nitrogens is 2. The molecule has 1 aromatic heterocycles. The minimum atomic E-state index is -0.544. The predicted octanol–water partition coefficient (Wildman–Crippen LogP) is 3.27. The van der Waals surface area contributed by atoms with Crippen LogP contribution in [0.15, 0.2) is 54.9 Å². The Morgan fingerprint density at radius 2 is 1.85 bits per heavy atom. The molecule has 1 amide bonds. The van der Waals surface area contributed by atoms with Gasteiger partial charge in [0.1, 0.15) is 29.4 Å². The lowest BCUT2D eigenvalue weighted by molar-refractivity contribution is -0.117. The van der Waals surface area contributed by atoms with Crippen LogP contribution in [0.25, 0.3) is 6.08 Å². The molecule has 34 heavy (non-hydrogen) atoms. The molecule has 0 aliphatic heterocycles. The average molecular weight is 463 g/mol. The van der Waals surface area contributed by atoms with E-state index in [9.17, 15) is 4.79 Å². The molecule has 9 heteroatoms. The molecule has 0 fully saturated rings.